The molecule has 0 saturated heterocycles. The lowest BCUT2D eigenvalue weighted by molar-refractivity contribution is -0.115. The molecule has 1 radical (unpaired) electrons. The van der Waals surface area contributed by atoms with Crippen molar-refractivity contribution in [3.05, 3.63) is 6.93 Å². The lowest BCUT2D eigenvalue weighted by Gasteiger charge is -1.93. The van der Waals surface area contributed by atoms with E-state index in [1.807, 2.05) is 0 Å². The molecule has 0 atom stereocenters. The van der Waals surface area contributed by atoms with Crippen LogP contribution >= 0.6 is 0 Å². The molecule has 0 aliphatic rings. The summed E-state index contributed by atoms with van der Waals surface area (Å²) in [6.07, 6.45) is 0.750. The van der Waals surface area contributed by atoms with Gasteiger partial charge in [-0.25, -0.2) is 8.78 Å². The number of hydrogen-bond acceptors (Lipinski definition) is 1. The standard InChI is InChI=1S/C3H7NO.CHF2/c1-4(2)3-5;2-1-3/h3H,1-2H3;1H. The molecular weight excluding hydrogens is 116 g/mol. The molecule has 0 aliphatic carbocycles. The van der Waals surface area contributed by atoms with Gasteiger partial charge in [0.25, 0.3) is 6.93 Å². The molecule has 49 valence electrons. The molecule has 0 N–H and O–H groups in total. The van der Waals surface area contributed by atoms with Gasteiger partial charge in [-0.1, -0.05) is 0 Å². The van der Waals surface area contributed by atoms with Gasteiger partial charge in [0.05, 0.1) is 0 Å². The van der Waals surface area contributed by atoms with Crippen molar-refractivity contribution in [1.82, 2.24) is 4.90 Å². The molecule has 0 fully saturated rings. The number of rotatable bonds is 1. The predicted molar refractivity (Wildman–Crippen MR) is 26.3 cm³/mol. The number of halogens is 2. The topological polar surface area (TPSA) is 20.3 Å². The maximum atomic E-state index is 9.50. The van der Waals surface area contributed by atoms with Crippen LogP contribution in [0.4, 0.5) is 8.78 Å². The van der Waals surface area contributed by atoms with Crippen molar-refractivity contribution in [1.29, 1.82) is 0 Å². The van der Waals surface area contributed by atoms with Gasteiger partial charge in [0, 0.05) is 14.1 Å². The van der Waals surface area contributed by atoms with Gasteiger partial charge in [-0.15, -0.1) is 0 Å². The van der Waals surface area contributed by atoms with Crippen LogP contribution in [0, 0.1) is 6.93 Å². The molecular formula is C4H8F2NO. The minimum absolute atomic E-state index is 0.750. The van der Waals surface area contributed by atoms with E-state index in [0.29, 0.717) is 0 Å². The monoisotopic (exact) mass is 124 g/mol. The second kappa shape index (κ2) is 9.59. The Balaban J connectivity index is 0. The first-order valence-electron chi connectivity index (χ1n) is 1.82. The van der Waals surface area contributed by atoms with E-state index < -0.39 is 6.93 Å². The Kier molecular flexibility index (Phi) is 12.4. The van der Waals surface area contributed by atoms with Gasteiger partial charge in [0.15, 0.2) is 0 Å². The first-order chi connectivity index (χ1) is 3.68. The SMILES string of the molecule is CN(C)C=O.F[CH]F. The molecule has 0 rings (SSSR count). The maximum absolute atomic E-state index is 9.50. The van der Waals surface area contributed by atoms with E-state index in [1.165, 1.54) is 4.90 Å². The first kappa shape index (κ1) is 10.3. The Hall–Kier alpha value is -0.670. The molecule has 0 unspecified atom stereocenters. The van der Waals surface area contributed by atoms with Crippen LogP contribution in [-0.2, 0) is 4.79 Å². The molecule has 0 aromatic carbocycles. The van der Waals surface area contributed by atoms with Crippen LogP contribution in [0.5, 0.6) is 0 Å². The fourth-order valence-corrected chi connectivity index (χ4v) is 0. The van der Waals surface area contributed by atoms with Gasteiger partial charge >= 0.3 is 0 Å². The second-order valence-electron chi connectivity index (χ2n) is 1.15. The van der Waals surface area contributed by atoms with E-state index >= 15 is 0 Å². The number of amides is 1. The summed E-state index contributed by atoms with van der Waals surface area (Å²) in [5.41, 5.74) is 0. The van der Waals surface area contributed by atoms with Gasteiger partial charge in [-0.2, -0.15) is 0 Å². The Morgan fingerprint density at radius 1 is 1.38 bits per heavy atom. The summed E-state index contributed by atoms with van der Waals surface area (Å²) in [5, 5.41) is 0. The fourth-order valence-electron chi connectivity index (χ4n) is 0. The highest BCUT2D eigenvalue weighted by Crippen LogP contribution is 1.68. The average Bonchev–Trinajstić information content (AvgIpc) is 1.69. The van der Waals surface area contributed by atoms with Gasteiger partial charge in [-0.3, -0.25) is 4.79 Å². The predicted octanol–water partition coefficient (Wildman–Crippen LogP) is 0.749. The summed E-state index contributed by atoms with van der Waals surface area (Å²) < 4.78 is 19.0. The molecule has 0 aromatic rings. The van der Waals surface area contributed by atoms with Crippen molar-refractivity contribution < 1.29 is 13.6 Å². The summed E-state index contributed by atoms with van der Waals surface area (Å²) >= 11 is 0. The lowest BCUT2D eigenvalue weighted by atomic mass is 11.0. The highest BCUT2D eigenvalue weighted by Gasteiger charge is 1.68. The zero-order valence-electron chi connectivity index (χ0n) is 4.77. The Labute approximate surface area is 47.1 Å². The largest absolute Gasteiger partial charge is 0.351 e. The fraction of sp³-hybridized carbons (Fsp3) is 0.500. The van der Waals surface area contributed by atoms with Crippen LogP contribution in [-0.4, -0.2) is 25.4 Å². The van der Waals surface area contributed by atoms with Gasteiger partial charge in [-0.05, 0) is 0 Å². The average molecular weight is 124 g/mol. The number of nitrogens with zero attached hydrogens (tertiary/aromatic N) is 1. The Morgan fingerprint density at radius 2 is 1.50 bits per heavy atom. The zero-order valence-corrected chi connectivity index (χ0v) is 4.77. The third-order valence-corrected chi connectivity index (χ3v) is 0.211. The van der Waals surface area contributed by atoms with Crippen LogP contribution in [0.15, 0.2) is 0 Å². The van der Waals surface area contributed by atoms with Gasteiger partial charge in [0.1, 0.15) is 0 Å². The van der Waals surface area contributed by atoms with E-state index in [4.69, 9.17) is 0 Å². The van der Waals surface area contributed by atoms with Crippen molar-refractivity contribution in [3.63, 3.8) is 0 Å². The quantitative estimate of drug-likeness (QED) is 0.472. The molecule has 0 aliphatic heterocycles. The summed E-state index contributed by atoms with van der Waals surface area (Å²) in [4.78, 5) is 10.9. The molecule has 8 heavy (non-hydrogen) atoms. The van der Waals surface area contributed by atoms with Crippen molar-refractivity contribution >= 4 is 6.41 Å². The van der Waals surface area contributed by atoms with Crippen LogP contribution in [0.25, 0.3) is 0 Å². The molecule has 1 amide bonds. The van der Waals surface area contributed by atoms with Gasteiger partial charge < -0.3 is 4.90 Å². The molecule has 4 heteroatoms. The maximum Gasteiger partial charge on any atom is 0.298 e. The highest BCUT2D eigenvalue weighted by molar-refractivity contribution is 5.45. The first-order valence-corrected chi connectivity index (χ1v) is 1.82. The van der Waals surface area contributed by atoms with E-state index in [2.05, 4.69) is 0 Å². The molecule has 0 bridgehead atoms. The van der Waals surface area contributed by atoms with Crippen molar-refractivity contribution in [3.8, 4) is 0 Å². The minimum Gasteiger partial charge on any atom is -0.351 e. The Morgan fingerprint density at radius 3 is 1.50 bits per heavy atom. The summed E-state index contributed by atoms with van der Waals surface area (Å²) in [6.45, 7) is -1.00. The Bertz CT molecular complexity index is 49.3. The third kappa shape index (κ3) is 56.5. The molecule has 0 aromatic heterocycles. The highest BCUT2D eigenvalue weighted by atomic mass is 19.3. The van der Waals surface area contributed by atoms with Crippen LogP contribution in [0.2, 0.25) is 0 Å². The van der Waals surface area contributed by atoms with E-state index in [0.717, 1.165) is 6.41 Å². The van der Waals surface area contributed by atoms with E-state index in [-0.39, 0.29) is 0 Å². The van der Waals surface area contributed by atoms with Crippen molar-refractivity contribution in [2.24, 2.45) is 0 Å². The molecule has 2 nitrogen and oxygen atoms in total. The zero-order chi connectivity index (χ0) is 6.99. The van der Waals surface area contributed by atoms with Crippen LogP contribution < -0.4 is 0 Å². The van der Waals surface area contributed by atoms with Crippen LogP contribution in [0.1, 0.15) is 0 Å². The van der Waals surface area contributed by atoms with E-state index in [9.17, 15) is 13.6 Å². The van der Waals surface area contributed by atoms with E-state index in [1.54, 1.807) is 14.1 Å². The summed E-state index contributed by atoms with van der Waals surface area (Å²) in [5.74, 6) is 0. The van der Waals surface area contributed by atoms with Crippen molar-refractivity contribution in [2.75, 3.05) is 14.1 Å². The molecule has 0 heterocycles. The molecule has 0 spiro atoms. The normalized spacial score (nSPS) is 6.50. The summed E-state index contributed by atoms with van der Waals surface area (Å²) in [7, 11) is 3.38. The second-order valence-corrected chi connectivity index (χ2v) is 1.15. The smallest absolute Gasteiger partial charge is 0.298 e. The summed E-state index contributed by atoms with van der Waals surface area (Å²) in [6, 6.07) is 0. The third-order valence-electron chi connectivity index (χ3n) is 0.211. The number of carbonyl (C=O) groups excluding carboxylic acids is 1. The van der Waals surface area contributed by atoms with Gasteiger partial charge in [0.2, 0.25) is 6.41 Å². The number of hydrogen-bond donors (Lipinski definition) is 0. The lowest BCUT2D eigenvalue weighted by Crippen LogP contribution is -2.06. The van der Waals surface area contributed by atoms with Crippen LogP contribution in [0.3, 0.4) is 0 Å². The van der Waals surface area contributed by atoms with Crippen molar-refractivity contribution in [2.45, 2.75) is 0 Å². The minimum atomic E-state index is -1.00. The molecule has 0 saturated carbocycles. The number of carbonyl (C=O) groups is 1.